The van der Waals surface area contributed by atoms with E-state index >= 15 is 0 Å². The molecule has 1 aliphatic heterocycles. The molecule has 1 N–H and O–H groups in total. The molecule has 1 fully saturated rings. The summed E-state index contributed by atoms with van der Waals surface area (Å²) in [4.78, 5) is 12.0. The first-order valence-electron chi connectivity index (χ1n) is 11.3. The highest BCUT2D eigenvalue weighted by Gasteiger charge is 2.18. The Morgan fingerprint density at radius 2 is 1.82 bits per heavy atom. The van der Waals surface area contributed by atoms with Crippen molar-refractivity contribution in [2.75, 3.05) is 43.7 Å². The molecule has 0 spiro atoms. The van der Waals surface area contributed by atoms with Crippen LogP contribution in [0.5, 0.6) is 5.75 Å². The first-order chi connectivity index (χ1) is 16.7. The Morgan fingerprint density at radius 3 is 2.65 bits per heavy atom. The van der Waals surface area contributed by atoms with E-state index in [-0.39, 0.29) is 0 Å². The minimum atomic E-state index is 0.660. The second kappa shape index (κ2) is 9.89. The van der Waals surface area contributed by atoms with Crippen LogP contribution in [0.1, 0.15) is 11.1 Å². The smallest absolute Gasteiger partial charge is 0.228 e. The maximum atomic E-state index is 5.53. The molecule has 2 heterocycles. The molecule has 1 aromatic heterocycles. The number of hydrogen-bond acceptors (Lipinski definition) is 7. The van der Waals surface area contributed by atoms with Gasteiger partial charge in [0.2, 0.25) is 5.95 Å². The summed E-state index contributed by atoms with van der Waals surface area (Å²) in [6, 6.07) is 22.3. The lowest BCUT2D eigenvalue weighted by Gasteiger charge is -2.27. The number of hydrogen-bond donors (Lipinski definition) is 1. The zero-order valence-electron chi connectivity index (χ0n) is 19.4. The molecule has 172 valence electrons. The third-order valence-corrected chi connectivity index (χ3v) is 5.82. The van der Waals surface area contributed by atoms with Crippen molar-refractivity contribution in [3.63, 3.8) is 0 Å². The van der Waals surface area contributed by atoms with E-state index in [1.54, 1.807) is 13.3 Å². The molecule has 7 heteroatoms. The van der Waals surface area contributed by atoms with Crippen LogP contribution in [-0.4, -0.2) is 49.6 Å². The van der Waals surface area contributed by atoms with Crippen LogP contribution in [0.25, 0.3) is 22.0 Å². The third-order valence-electron chi connectivity index (χ3n) is 5.82. The van der Waals surface area contributed by atoms with E-state index in [2.05, 4.69) is 46.6 Å². The molecule has 0 bridgehead atoms. The summed E-state index contributed by atoms with van der Waals surface area (Å²) in [5.41, 5.74) is 8.29. The topological polar surface area (TPSA) is 71.9 Å². The number of para-hydroxylation sites is 1. The average molecular weight is 454 g/mol. The van der Waals surface area contributed by atoms with Crippen molar-refractivity contribution in [1.29, 1.82) is 0 Å². The normalized spacial score (nSPS) is 14.0. The summed E-state index contributed by atoms with van der Waals surface area (Å²) >= 11 is 0. The van der Waals surface area contributed by atoms with Gasteiger partial charge in [-0.3, -0.25) is 5.43 Å². The Morgan fingerprint density at radius 1 is 1.00 bits per heavy atom. The van der Waals surface area contributed by atoms with E-state index < -0.39 is 0 Å². The van der Waals surface area contributed by atoms with Crippen molar-refractivity contribution in [1.82, 2.24) is 9.97 Å². The molecule has 0 saturated carbocycles. The Bertz CT molecular complexity index is 1330. The highest BCUT2D eigenvalue weighted by Crippen LogP contribution is 2.33. The standard InChI is InChI=1S/C27H27N5O2/c1-19-6-3-7-20(16-19)18-28-31-26-24-11-5-10-23(21-8-4-9-22(17-21)33-2)25(24)29-27(30-26)32-12-14-34-15-13-32/h3-11,16-18H,12-15H2,1-2H3,(H,29,30,31). The number of ether oxygens (including phenoxy) is 2. The predicted molar refractivity (Wildman–Crippen MR) is 137 cm³/mol. The maximum absolute atomic E-state index is 5.53. The number of rotatable bonds is 6. The highest BCUT2D eigenvalue weighted by atomic mass is 16.5. The van der Waals surface area contributed by atoms with Crippen molar-refractivity contribution < 1.29 is 9.47 Å². The van der Waals surface area contributed by atoms with Crippen LogP contribution in [0.15, 0.2) is 71.8 Å². The SMILES string of the molecule is COc1cccc(-c2cccc3c(NN=Cc4cccc(C)c4)nc(N4CCOCC4)nc23)c1. The van der Waals surface area contributed by atoms with E-state index in [9.17, 15) is 0 Å². The lowest BCUT2D eigenvalue weighted by Crippen LogP contribution is -2.37. The van der Waals surface area contributed by atoms with Crippen LogP contribution in [0.4, 0.5) is 11.8 Å². The number of methoxy groups -OCH3 is 1. The number of morpholine rings is 1. The highest BCUT2D eigenvalue weighted by molar-refractivity contribution is 6.00. The number of benzene rings is 3. The van der Waals surface area contributed by atoms with Crippen LogP contribution in [0.3, 0.4) is 0 Å². The molecule has 1 saturated heterocycles. The molecule has 3 aromatic carbocycles. The molecule has 0 radical (unpaired) electrons. The van der Waals surface area contributed by atoms with Gasteiger partial charge >= 0.3 is 0 Å². The Kier molecular flexibility index (Phi) is 6.35. The zero-order valence-corrected chi connectivity index (χ0v) is 19.4. The number of nitrogens with one attached hydrogen (secondary N) is 1. The van der Waals surface area contributed by atoms with E-state index in [0.29, 0.717) is 25.0 Å². The van der Waals surface area contributed by atoms with Crippen LogP contribution < -0.4 is 15.1 Å². The largest absolute Gasteiger partial charge is 0.497 e. The summed E-state index contributed by atoms with van der Waals surface area (Å²) in [5.74, 6) is 2.14. The fraction of sp³-hybridized carbons (Fsp3) is 0.222. The Balaban J connectivity index is 1.59. The maximum Gasteiger partial charge on any atom is 0.228 e. The first kappa shape index (κ1) is 21.9. The Labute approximate surface area is 199 Å². The molecule has 0 aliphatic carbocycles. The monoisotopic (exact) mass is 453 g/mol. The van der Waals surface area contributed by atoms with E-state index in [4.69, 9.17) is 19.4 Å². The van der Waals surface area contributed by atoms with Gasteiger partial charge in [0.25, 0.3) is 0 Å². The quantitative estimate of drug-likeness (QED) is 0.331. The van der Waals surface area contributed by atoms with Crippen molar-refractivity contribution >= 4 is 28.9 Å². The van der Waals surface area contributed by atoms with Crippen LogP contribution in [0, 0.1) is 6.92 Å². The summed E-state index contributed by atoms with van der Waals surface area (Å²) < 4.78 is 11.0. The van der Waals surface area contributed by atoms with Gasteiger partial charge in [-0.2, -0.15) is 10.1 Å². The number of hydrazone groups is 1. The molecule has 1 aliphatic rings. The number of nitrogens with zero attached hydrogens (tertiary/aromatic N) is 4. The number of aromatic nitrogens is 2. The van der Waals surface area contributed by atoms with Crippen LogP contribution >= 0.6 is 0 Å². The molecule has 7 nitrogen and oxygen atoms in total. The van der Waals surface area contributed by atoms with Crippen LogP contribution in [-0.2, 0) is 4.74 Å². The number of aryl methyl sites for hydroxylation is 1. The second-order valence-electron chi connectivity index (χ2n) is 8.19. The van der Waals surface area contributed by atoms with Gasteiger partial charge in [-0.15, -0.1) is 0 Å². The predicted octanol–water partition coefficient (Wildman–Crippen LogP) is 4.90. The van der Waals surface area contributed by atoms with Crippen molar-refractivity contribution in [2.45, 2.75) is 6.92 Å². The van der Waals surface area contributed by atoms with Crippen molar-refractivity contribution in [3.05, 3.63) is 77.9 Å². The fourth-order valence-electron chi connectivity index (χ4n) is 4.07. The molecular weight excluding hydrogens is 426 g/mol. The van der Waals surface area contributed by atoms with E-state index in [1.165, 1.54) is 5.56 Å². The fourth-order valence-corrected chi connectivity index (χ4v) is 4.07. The minimum Gasteiger partial charge on any atom is -0.497 e. The third kappa shape index (κ3) is 4.70. The van der Waals surface area contributed by atoms with Crippen LogP contribution in [0.2, 0.25) is 0 Å². The first-order valence-corrected chi connectivity index (χ1v) is 11.3. The molecule has 34 heavy (non-hydrogen) atoms. The molecule has 4 aromatic rings. The molecule has 0 amide bonds. The van der Waals surface area contributed by atoms with Gasteiger partial charge in [0.15, 0.2) is 5.82 Å². The zero-order chi connectivity index (χ0) is 23.3. The van der Waals surface area contributed by atoms with Gasteiger partial charge in [0, 0.05) is 24.0 Å². The van der Waals surface area contributed by atoms with E-state index in [0.717, 1.165) is 46.4 Å². The molecule has 5 rings (SSSR count). The van der Waals surface area contributed by atoms with Crippen molar-refractivity contribution in [3.8, 4) is 16.9 Å². The molecule has 0 atom stereocenters. The molecule has 0 unspecified atom stereocenters. The number of anilines is 2. The lowest BCUT2D eigenvalue weighted by atomic mass is 10.0. The van der Waals surface area contributed by atoms with Gasteiger partial charge in [0.05, 0.1) is 32.1 Å². The lowest BCUT2D eigenvalue weighted by molar-refractivity contribution is 0.122. The second-order valence-corrected chi connectivity index (χ2v) is 8.19. The van der Waals surface area contributed by atoms with Gasteiger partial charge in [-0.25, -0.2) is 4.98 Å². The molecular formula is C27H27N5O2. The van der Waals surface area contributed by atoms with Crippen molar-refractivity contribution in [2.24, 2.45) is 5.10 Å². The summed E-state index contributed by atoms with van der Waals surface area (Å²) in [6.07, 6.45) is 1.81. The average Bonchev–Trinajstić information content (AvgIpc) is 2.89. The van der Waals surface area contributed by atoms with Gasteiger partial charge in [0.1, 0.15) is 5.75 Å². The number of fused-ring (bicyclic) bond motifs is 1. The van der Waals surface area contributed by atoms with Gasteiger partial charge < -0.3 is 14.4 Å². The summed E-state index contributed by atoms with van der Waals surface area (Å²) in [6.45, 7) is 4.88. The minimum absolute atomic E-state index is 0.660. The Hall–Kier alpha value is -3.97. The summed E-state index contributed by atoms with van der Waals surface area (Å²) in [5, 5.41) is 5.39. The summed E-state index contributed by atoms with van der Waals surface area (Å²) in [7, 11) is 1.68. The van der Waals surface area contributed by atoms with E-state index in [1.807, 2.05) is 42.5 Å². The van der Waals surface area contributed by atoms with Gasteiger partial charge in [-0.05, 0) is 36.2 Å². The van der Waals surface area contributed by atoms with Gasteiger partial charge in [-0.1, -0.05) is 54.1 Å².